The third-order valence-corrected chi connectivity index (χ3v) is 6.62. The summed E-state index contributed by atoms with van der Waals surface area (Å²) in [5, 5.41) is 13.0. The van der Waals surface area contributed by atoms with Crippen LogP contribution in [0.15, 0.2) is 108 Å². The first-order valence-electron chi connectivity index (χ1n) is 13.4. The first kappa shape index (κ1) is 28.3. The van der Waals surface area contributed by atoms with E-state index in [0.29, 0.717) is 0 Å². The van der Waals surface area contributed by atoms with Gasteiger partial charge in [-0.1, -0.05) is 0 Å². The monoisotopic (exact) mass is 538 g/mol. The summed E-state index contributed by atoms with van der Waals surface area (Å²) in [6, 6.07) is 28.1. The summed E-state index contributed by atoms with van der Waals surface area (Å²) in [4.78, 5) is 0. The highest BCUT2D eigenvalue weighted by Gasteiger charge is 2.11. The van der Waals surface area contributed by atoms with Crippen LogP contribution in [-0.2, 0) is 13.1 Å². The fourth-order valence-corrected chi connectivity index (χ4v) is 4.21. The Kier molecular flexibility index (Phi) is 10.2. The van der Waals surface area contributed by atoms with Crippen LogP contribution in [0.1, 0.15) is 24.2 Å². The molecule has 4 aromatic rings. The zero-order chi connectivity index (χ0) is 28.2. The molecule has 206 valence electrons. The molecule has 8 heteroatoms. The van der Waals surface area contributed by atoms with Crippen LogP contribution in [0.3, 0.4) is 0 Å². The summed E-state index contributed by atoms with van der Waals surface area (Å²) in [5.41, 5.74) is 4.11. The van der Waals surface area contributed by atoms with Gasteiger partial charge in [0.2, 0.25) is 11.4 Å². The molecule has 0 unspecified atom stereocenters. The average Bonchev–Trinajstić information content (AvgIpc) is 3.01. The molecule has 2 aromatic heterocycles. The van der Waals surface area contributed by atoms with E-state index in [-0.39, 0.29) is 0 Å². The number of hydrogen-bond donors (Lipinski definition) is 0. The Hall–Kier alpha value is -4.72. The van der Waals surface area contributed by atoms with Crippen LogP contribution >= 0.6 is 0 Å². The second-order valence-corrected chi connectivity index (χ2v) is 9.28. The molecule has 8 nitrogen and oxygen atoms in total. The summed E-state index contributed by atoms with van der Waals surface area (Å²) < 4.78 is 15.0. The highest BCUT2D eigenvalue weighted by atomic mass is 16.5. The molecule has 40 heavy (non-hydrogen) atoms. The molecule has 0 aliphatic carbocycles. The number of rotatable bonds is 13. The lowest BCUT2D eigenvalue weighted by Gasteiger charge is -2.13. The van der Waals surface area contributed by atoms with Gasteiger partial charge in [0.05, 0.1) is 25.6 Å². The maximum absolute atomic E-state index is 5.25. The third-order valence-electron chi connectivity index (χ3n) is 6.62. The van der Waals surface area contributed by atoms with Crippen molar-refractivity contribution in [3.8, 4) is 11.5 Å². The van der Waals surface area contributed by atoms with Crippen molar-refractivity contribution in [1.29, 1.82) is 0 Å². The van der Waals surface area contributed by atoms with E-state index in [1.807, 2.05) is 97.2 Å². The molecule has 0 bridgehead atoms. The van der Waals surface area contributed by atoms with Crippen molar-refractivity contribution in [2.75, 3.05) is 38.3 Å². The number of nitrogens with zero attached hydrogens (tertiary/aromatic N) is 6. The first-order valence-corrected chi connectivity index (χ1v) is 13.4. The van der Waals surface area contributed by atoms with Crippen molar-refractivity contribution in [1.82, 2.24) is 0 Å². The van der Waals surface area contributed by atoms with Crippen molar-refractivity contribution in [2.45, 2.75) is 25.9 Å². The smallest absolute Gasteiger partial charge is 0.225 e. The molecule has 0 fully saturated rings. The molecular formula is C32H38N6O2+2. The lowest BCUT2D eigenvalue weighted by Crippen LogP contribution is -2.40. The van der Waals surface area contributed by atoms with Crippen molar-refractivity contribution >= 4 is 23.8 Å². The third kappa shape index (κ3) is 7.89. The summed E-state index contributed by atoms with van der Waals surface area (Å²) >= 11 is 0. The van der Waals surface area contributed by atoms with E-state index >= 15 is 0 Å². The molecule has 0 amide bonds. The number of unbranched alkanes of at least 4 members (excludes halogenated alkanes) is 1. The second-order valence-electron chi connectivity index (χ2n) is 9.28. The highest BCUT2D eigenvalue weighted by molar-refractivity contribution is 5.76. The number of aryl methyl sites for hydroxylation is 2. The van der Waals surface area contributed by atoms with Gasteiger partial charge < -0.3 is 9.47 Å². The number of methoxy groups -OCH3 is 2. The Labute approximate surface area is 237 Å². The van der Waals surface area contributed by atoms with Gasteiger partial charge >= 0.3 is 0 Å². The predicted molar refractivity (Wildman–Crippen MR) is 160 cm³/mol. The Morgan fingerprint density at radius 1 is 0.600 bits per heavy atom. The molecule has 0 saturated carbocycles. The van der Waals surface area contributed by atoms with Crippen molar-refractivity contribution < 1.29 is 18.6 Å². The maximum Gasteiger partial charge on any atom is 0.225 e. The van der Waals surface area contributed by atoms with E-state index in [4.69, 9.17) is 9.47 Å². The molecule has 0 aliphatic rings. The van der Waals surface area contributed by atoms with Gasteiger partial charge in [-0.25, -0.2) is 0 Å². The van der Waals surface area contributed by atoms with Gasteiger partial charge in [0.1, 0.15) is 37.0 Å². The Morgan fingerprint density at radius 2 is 1.00 bits per heavy atom. The predicted octanol–water partition coefficient (Wildman–Crippen LogP) is 4.70. The molecule has 0 N–H and O–H groups in total. The molecule has 0 saturated heterocycles. The average molecular weight is 539 g/mol. The summed E-state index contributed by atoms with van der Waals surface area (Å²) in [5.74, 6) is 1.66. The number of ether oxygens (including phenoxy) is 2. The van der Waals surface area contributed by atoms with Crippen molar-refractivity contribution in [3.63, 3.8) is 0 Å². The minimum Gasteiger partial charge on any atom is -0.497 e. The van der Waals surface area contributed by atoms with Crippen LogP contribution in [0.4, 0.5) is 11.4 Å². The van der Waals surface area contributed by atoms with Gasteiger partial charge in [0, 0.05) is 51.2 Å². The van der Waals surface area contributed by atoms with E-state index in [9.17, 15) is 0 Å². The molecule has 0 aliphatic heterocycles. The molecule has 2 heterocycles. The molecule has 0 atom stereocenters. The fourth-order valence-electron chi connectivity index (χ4n) is 4.21. The topological polar surface area (TPSA) is 57.4 Å². The summed E-state index contributed by atoms with van der Waals surface area (Å²) in [6.07, 6.45) is 10.1. The first-order chi connectivity index (χ1) is 19.6. The van der Waals surface area contributed by atoms with Gasteiger partial charge in [-0.2, -0.15) is 19.3 Å². The van der Waals surface area contributed by atoms with Crippen LogP contribution in [-0.4, -0.2) is 40.7 Å². The number of aromatic nitrogens is 2. The molecular weight excluding hydrogens is 500 g/mol. The number of hydrogen-bond acceptors (Lipinski definition) is 6. The lowest BCUT2D eigenvalue weighted by molar-refractivity contribution is -0.708. The lowest BCUT2D eigenvalue weighted by atomic mass is 10.2. The van der Waals surface area contributed by atoms with Gasteiger partial charge in [-0.15, -0.1) is 0 Å². The number of pyridine rings is 2. The fraction of sp³-hybridized carbons (Fsp3) is 0.250. The normalized spacial score (nSPS) is 11.2. The van der Waals surface area contributed by atoms with Crippen LogP contribution in [0.5, 0.6) is 11.5 Å². The van der Waals surface area contributed by atoms with Gasteiger partial charge in [-0.3, -0.25) is 10.0 Å². The minimum atomic E-state index is 0.830. The van der Waals surface area contributed by atoms with E-state index in [1.165, 1.54) is 0 Å². The molecule has 0 spiro atoms. The minimum absolute atomic E-state index is 0.830. The number of benzene rings is 2. The van der Waals surface area contributed by atoms with E-state index in [1.54, 1.807) is 14.2 Å². The van der Waals surface area contributed by atoms with Gasteiger partial charge in [0.15, 0.2) is 12.4 Å². The van der Waals surface area contributed by atoms with Crippen LogP contribution < -0.4 is 28.6 Å². The second kappa shape index (κ2) is 14.4. The summed E-state index contributed by atoms with van der Waals surface area (Å²) in [6.45, 7) is 1.82. The Morgan fingerprint density at radius 3 is 1.38 bits per heavy atom. The molecule has 2 aromatic carbocycles. The standard InChI is InChI=1S/C32H38N6O2/c1-35(27-13-17-31(39-3)18-14-27)33-25-29-11-5-7-21-37(29)23-9-10-24-38-22-8-6-12-30(38)26-34-36(2)28-15-19-32(40-4)20-16-28/h5-8,11-22,25-26H,9-10,23-24H2,1-4H3/q+2. The van der Waals surface area contributed by atoms with E-state index in [0.717, 1.165) is 60.2 Å². The zero-order valence-electron chi connectivity index (χ0n) is 23.7. The Balaban J connectivity index is 1.32. The summed E-state index contributed by atoms with van der Waals surface area (Å²) in [7, 11) is 7.22. The van der Waals surface area contributed by atoms with Crippen LogP contribution in [0.25, 0.3) is 0 Å². The van der Waals surface area contributed by atoms with Crippen molar-refractivity contribution in [2.24, 2.45) is 10.2 Å². The quantitative estimate of drug-likeness (QED) is 0.107. The SMILES string of the molecule is COc1ccc(N(C)/N=C/c2cccc[n+]2CCCC[n+]2ccccc2/C=N/N(C)c2ccc(OC)cc2)cc1. The highest BCUT2D eigenvalue weighted by Crippen LogP contribution is 2.19. The Bertz CT molecular complexity index is 1290. The molecule has 4 rings (SSSR count). The van der Waals surface area contributed by atoms with Gasteiger partial charge in [0.25, 0.3) is 0 Å². The van der Waals surface area contributed by atoms with E-state index < -0.39 is 0 Å². The van der Waals surface area contributed by atoms with Gasteiger partial charge in [-0.05, 0) is 60.7 Å². The zero-order valence-corrected chi connectivity index (χ0v) is 23.7. The van der Waals surface area contributed by atoms with Crippen LogP contribution in [0, 0.1) is 0 Å². The number of hydrazone groups is 2. The van der Waals surface area contributed by atoms with Crippen LogP contribution in [0.2, 0.25) is 0 Å². The number of anilines is 2. The van der Waals surface area contributed by atoms with E-state index in [2.05, 4.69) is 56.0 Å². The largest absolute Gasteiger partial charge is 0.497 e. The van der Waals surface area contributed by atoms with Crippen molar-refractivity contribution in [3.05, 3.63) is 109 Å². The molecule has 0 radical (unpaired) electrons. The maximum atomic E-state index is 5.25.